The maximum Gasteiger partial charge on any atom is 0.407 e. The van der Waals surface area contributed by atoms with Crippen LogP contribution in [0.5, 0.6) is 0 Å². The Bertz CT molecular complexity index is 308. The van der Waals surface area contributed by atoms with Gasteiger partial charge < -0.3 is 31.6 Å². The molecule has 0 rings (SSSR count). The number of hydrogen-bond acceptors (Lipinski definition) is 6. The molecule has 2 atom stereocenters. The molecule has 0 aliphatic heterocycles. The highest BCUT2D eigenvalue weighted by atomic mass is 35.5. The minimum absolute atomic E-state index is 0. The molecule has 6 N–H and O–H groups in total. The number of hydrogen-bond donors (Lipinski definition) is 4. The summed E-state index contributed by atoms with van der Waals surface area (Å²) in [6.45, 7) is 7.64. The average molecular weight is 363 g/mol. The number of amides is 2. The lowest BCUT2D eigenvalue weighted by Gasteiger charge is -2.37. The summed E-state index contributed by atoms with van der Waals surface area (Å²) in [6.07, 6.45) is -2.62. The first kappa shape index (κ1) is 26.0. The van der Waals surface area contributed by atoms with E-state index in [9.17, 15) is 9.59 Å². The maximum absolute atomic E-state index is 11.4. The molecule has 0 saturated carbocycles. The van der Waals surface area contributed by atoms with Crippen molar-refractivity contribution in [3.05, 3.63) is 0 Å². The molecule has 0 fully saturated rings. The molecule has 0 aliphatic carbocycles. The van der Waals surface area contributed by atoms with Crippen LogP contribution in [0.15, 0.2) is 0 Å². The molecule has 8 nitrogen and oxygen atoms in total. The number of carbonyl (C=O) groups excluding carboxylic acids is 2. The van der Waals surface area contributed by atoms with Gasteiger partial charge in [-0.15, -0.1) is 24.8 Å². The summed E-state index contributed by atoms with van der Waals surface area (Å²) in [6, 6.07) is 0. The van der Waals surface area contributed by atoms with Crippen LogP contribution in [0.25, 0.3) is 0 Å². The predicted octanol–water partition coefficient (Wildman–Crippen LogP) is 0.755. The molecule has 0 aromatic carbocycles. The van der Waals surface area contributed by atoms with E-state index in [1.165, 1.54) is 0 Å². The summed E-state index contributed by atoms with van der Waals surface area (Å²) in [7, 11) is 0. The van der Waals surface area contributed by atoms with Crippen molar-refractivity contribution in [3.63, 3.8) is 0 Å². The van der Waals surface area contributed by atoms with E-state index >= 15 is 0 Å². The maximum atomic E-state index is 11.4. The van der Waals surface area contributed by atoms with Crippen LogP contribution in [-0.4, -0.2) is 49.6 Å². The normalized spacial score (nSPS) is 15.0. The van der Waals surface area contributed by atoms with Gasteiger partial charge in [-0.05, 0) is 27.7 Å². The fourth-order valence-electron chi connectivity index (χ4n) is 1.57. The zero-order valence-corrected chi connectivity index (χ0v) is 15.0. The van der Waals surface area contributed by atoms with Gasteiger partial charge in [-0.2, -0.15) is 0 Å². The topological polar surface area (TPSA) is 129 Å². The third-order valence-electron chi connectivity index (χ3n) is 3.08. The zero-order valence-electron chi connectivity index (χ0n) is 13.4. The van der Waals surface area contributed by atoms with Crippen molar-refractivity contribution in [3.8, 4) is 0 Å². The first-order valence-electron chi connectivity index (χ1n) is 6.69. The summed E-state index contributed by atoms with van der Waals surface area (Å²) >= 11 is 0. The van der Waals surface area contributed by atoms with Gasteiger partial charge >= 0.3 is 12.2 Å². The molecule has 22 heavy (non-hydrogen) atoms. The Morgan fingerprint density at radius 3 is 1.55 bits per heavy atom. The molecule has 134 valence electrons. The summed E-state index contributed by atoms with van der Waals surface area (Å²) < 4.78 is 10.3. The Balaban J connectivity index is -0.00000180. The van der Waals surface area contributed by atoms with Gasteiger partial charge in [0.2, 0.25) is 0 Å². The lowest BCUT2D eigenvalue weighted by Crippen LogP contribution is -2.65. The monoisotopic (exact) mass is 362 g/mol. The van der Waals surface area contributed by atoms with Gasteiger partial charge in [0.1, 0.15) is 17.7 Å². The molecule has 0 spiro atoms. The number of carbonyl (C=O) groups is 2. The number of halogens is 2. The van der Waals surface area contributed by atoms with Crippen LogP contribution < -0.4 is 22.1 Å². The number of alkyl carbamates (subject to hydrolysis) is 2. The summed E-state index contributed by atoms with van der Waals surface area (Å²) in [5, 5.41) is 4.99. The smallest absolute Gasteiger partial charge is 0.407 e. The summed E-state index contributed by atoms with van der Waals surface area (Å²) in [5.41, 5.74) is 10.6. The second-order valence-corrected chi connectivity index (χ2v) is 4.47. The van der Waals surface area contributed by atoms with Crippen LogP contribution in [0.1, 0.15) is 27.7 Å². The molecule has 0 aliphatic rings. The molecule has 0 heterocycles. The van der Waals surface area contributed by atoms with Gasteiger partial charge in [0.25, 0.3) is 0 Å². The van der Waals surface area contributed by atoms with E-state index in [1.807, 2.05) is 0 Å². The third kappa shape index (κ3) is 7.88. The van der Waals surface area contributed by atoms with Gasteiger partial charge in [-0.25, -0.2) is 9.59 Å². The van der Waals surface area contributed by atoms with Gasteiger partial charge in [0, 0.05) is 19.6 Å². The first-order chi connectivity index (χ1) is 9.31. The number of nitrogens with two attached hydrogens (primary N) is 2. The van der Waals surface area contributed by atoms with Crippen molar-refractivity contribution in [2.75, 3.05) is 19.6 Å². The minimum Gasteiger partial charge on any atom is -0.444 e. The molecule has 2 unspecified atom stereocenters. The highest BCUT2D eigenvalue weighted by molar-refractivity contribution is 5.85. The van der Waals surface area contributed by atoms with Gasteiger partial charge in [-0.1, -0.05) is 0 Å². The van der Waals surface area contributed by atoms with E-state index in [1.54, 1.807) is 27.7 Å². The van der Waals surface area contributed by atoms with Crippen LogP contribution in [0.2, 0.25) is 0 Å². The Morgan fingerprint density at radius 2 is 1.32 bits per heavy atom. The highest BCUT2D eigenvalue weighted by Crippen LogP contribution is 2.18. The van der Waals surface area contributed by atoms with Gasteiger partial charge in [-0.3, -0.25) is 0 Å². The van der Waals surface area contributed by atoms with Crippen LogP contribution in [0, 0.1) is 0 Å². The molecule has 0 radical (unpaired) electrons. The van der Waals surface area contributed by atoms with E-state index in [4.69, 9.17) is 20.9 Å². The van der Waals surface area contributed by atoms with Crippen LogP contribution in [-0.2, 0) is 9.47 Å². The molecule has 0 bridgehead atoms. The van der Waals surface area contributed by atoms with E-state index in [-0.39, 0.29) is 31.4 Å². The average Bonchev–Trinajstić information content (AvgIpc) is 2.37. The summed E-state index contributed by atoms with van der Waals surface area (Å²) in [4.78, 5) is 22.8. The summed E-state index contributed by atoms with van der Waals surface area (Å²) in [5.74, 6) is 0. The molecule has 0 aromatic rings. The number of nitrogens with one attached hydrogen (secondary N) is 2. The van der Waals surface area contributed by atoms with Crippen molar-refractivity contribution < 1.29 is 19.1 Å². The van der Waals surface area contributed by atoms with E-state index < -0.39 is 29.9 Å². The number of ether oxygens (including phenoxy) is 2. The SMILES string of the molecule is CCNC(=O)OC(C)C(N)(CN)C(C)OC(=O)NCC.Cl.Cl. The van der Waals surface area contributed by atoms with Crippen molar-refractivity contribution in [2.24, 2.45) is 11.5 Å². The van der Waals surface area contributed by atoms with E-state index in [0.29, 0.717) is 13.1 Å². The van der Waals surface area contributed by atoms with Gasteiger partial charge in [0.15, 0.2) is 0 Å². The first-order valence-corrected chi connectivity index (χ1v) is 6.69. The van der Waals surface area contributed by atoms with Crippen LogP contribution in [0.4, 0.5) is 9.59 Å². The zero-order chi connectivity index (χ0) is 15.8. The van der Waals surface area contributed by atoms with Crippen LogP contribution >= 0.6 is 24.8 Å². The van der Waals surface area contributed by atoms with Crippen molar-refractivity contribution >= 4 is 37.0 Å². The van der Waals surface area contributed by atoms with Crippen molar-refractivity contribution in [1.82, 2.24) is 10.6 Å². The quantitative estimate of drug-likeness (QED) is 0.528. The lowest BCUT2D eigenvalue weighted by atomic mass is 9.88. The molecular weight excluding hydrogens is 335 g/mol. The van der Waals surface area contributed by atoms with Crippen LogP contribution in [0.3, 0.4) is 0 Å². The van der Waals surface area contributed by atoms with Gasteiger partial charge in [0.05, 0.1) is 0 Å². The molecule has 0 aromatic heterocycles. The Hall–Kier alpha value is -0.960. The third-order valence-corrected chi connectivity index (χ3v) is 3.08. The standard InChI is InChI=1S/C12H26N4O4.2ClH/c1-5-15-10(17)19-8(3)12(14,7-13)9(4)20-11(18)16-6-2;;/h8-9H,5-7,13-14H2,1-4H3,(H,15,17)(H,16,18);2*1H. The fourth-order valence-corrected chi connectivity index (χ4v) is 1.57. The van der Waals surface area contributed by atoms with E-state index in [0.717, 1.165) is 0 Å². The highest BCUT2D eigenvalue weighted by Gasteiger charge is 2.41. The van der Waals surface area contributed by atoms with Crippen molar-refractivity contribution in [1.29, 1.82) is 0 Å². The second kappa shape index (κ2) is 12.6. The molecular formula is C12H28Cl2N4O4. The molecule has 0 saturated heterocycles. The lowest BCUT2D eigenvalue weighted by molar-refractivity contribution is -0.00938. The van der Waals surface area contributed by atoms with E-state index in [2.05, 4.69) is 10.6 Å². The largest absolute Gasteiger partial charge is 0.444 e. The molecule has 2 amide bonds. The Labute approximate surface area is 143 Å². The molecule has 10 heteroatoms. The minimum atomic E-state index is -1.17. The predicted molar refractivity (Wildman–Crippen MR) is 89.7 cm³/mol. The van der Waals surface area contributed by atoms with Crippen molar-refractivity contribution in [2.45, 2.75) is 45.4 Å². The Morgan fingerprint density at radius 1 is 1.00 bits per heavy atom. The fraction of sp³-hybridized carbons (Fsp3) is 0.833. The number of rotatable bonds is 7. The second-order valence-electron chi connectivity index (χ2n) is 4.47. The Kier molecular flexibility index (Phi) is 14.8.